The summed E-state index contributed by atoms with van der Waals surface area (Å²) in [5.74, 6) is 0. The number of hydrogen-bond donors (Lipinski definition) is 4. The third kappa shape index (κ3) is 55.3. The molecule has 0 saturated heterocycles. The van der Waals surface area contributed by atoms with Gasteiger partial charge in [-0.1, -0.05) is 0 Å². The van der Waals surface area contributed by atoms with Crippen LogP contribution in [0, 0.1) is 0 Å². The first-order valence-electron chi connectivity index (χ1n) is 2.26. The van der Waals surface area contributed by atoms with Crippen LogP contribution < -0.4 is 0 Å². The fourth-order valence-electron chi connectivity index (χ4n) is 0. The smallest absolute Gasteiger partial charge is 1.00 e. The Morgan fingerprint density at radius 2 is 0.778 bits per heavy atom. The number of hydrogen-bond acceptors (Lipinski definition) is 4. The minimum Gasteiger partial charge on any atom is -1.00 e. The number of aliphatic hydroxyl groups is 4. The Labute approximate surface area is 73.3 Å². The maximum Gasteiger partial charge on any atom is 2.00 e. The van der Waals surface area contributed by atoms with Gasteiger partial charge in [0, 0.05) is 0 Å². The zero-order valence-electron chi connectivity index (χ0n) is 7.32. The topological polar surface area (TPSA) is 80.9 Å². The average molecular weight is 150 g/mol. The molecule has 4 N–H and O–H groups in total. The Bertz CT molecular complexity index is 28.1. The van der Waals surface area contributed by atoms with E-state index in [0.717, 1.165) is 0 Å². The predicted octanol–water partition coefficient (Wildman–Crippen LogP) is -2.21. The zero-order valence-corrected chi connectivity index (χ0v) is 6.74. The summed E-state index contributed by atoms with van der Waals surface area (Å²) in [5, 5.41) is 30.5. The molecule has 5 heteroatoms. The molecule has 4 nitrogen and oxygen atoms in total. The molecule has 0 aromatic carbocycles. The van der Waals surface area contributed by atoms with Crippen LogP contribution in [0.3, 0.4) is 0 Å². The van der Waals surface area contributed by atoms with Gasteiger partial charge in [-0.2, -0.15) is 0 Å². The van der Waals surface area contributed by atoms with E-state index in [1.807, 2.05) is 0 Å². The second kappa shape index (κ2) is 23.5. The van der Waals surface area contributed by atoms with Crippen LogP contribution in [0.2, 0.25) is 0 Å². The molecule has 0 unspecified atom stereocenters. The quantitative estimate of drug-likeness (QED) is 0.337. The van der Waals surface area contributed by atoms with Crippen LogP contribution in [0.1, 0.15) is 2.85 Å². The first kappa shape index (κ1) is 16.3. The van der Waals surface area contributed by atoms with Gasteiger partial charge in [0.2, 0.25) is 0 Å². The van der Waals surface area contributed by atoms with Crippen LogP contribution >= 0.6 is 0 Å². The van der Waals surface area contributed by atoms with Gasteiger partial charge >= 0.3 is 23.1 Å². The molecule has 0 radical (unpaired) electrons. The predicted molar refractivity (Wildman–Crippen MR) is 36.3 cm³/mol. The monoisotopic (exact) mass is 150 g/mol. The van der Waals surface area contributed by atoms with Crippen molar-refractivity contribution in [2.24, 2.45) is 0 Å². The van der Waals surface area contributed by atoms with Crippen molar-refractivity contribution in [3.63, 3.8) is 0 Å². The Balaban J connectivity index is -0.0000000171. The molecule has 9 heavy (non-hydrogen) atoms. The summed E-state index contributed by atoms with van der Waals surface area (Å²) in [5.41, 5.74) is 0. The fraction of sp³-hybridized carbons (Fsp3) is 1.00. The van der Waals surface area contributed by atoms with Crippen molar-refractivity contribution in [1.29, 1.82) is 0 Å². The standard InChI is InChI=1S/2C2H6O2.Mg.2H/c2*3-1-2-4;;;/h2*3-4H,1-2H2;;;/q;;+2;2*-1. The van der Waals surface area contributed by atoms with Crippen LogP contribution in [0.4, 0.5) is 0 Å². The Kier molecular flexibility index (Phi) is 42.5. The Morgan fingerprint density at radius 1 is 0.667 bits per heavy atom. The largest absolute Gasteiger partial charge is 2.00 e. The van der Waals surface area contributed by atoms with Gasteiger partial charge in [0.25, 0.3) is 0 Å². The molecule has 56 valence electrons. The van der Waals surface area contributed by atoms with Crippen LogP contribution in [0.5, 0.6) is 0 Å². The van der Waals surface area contributed by atoms with E-state index >= 15 is 0 Å². The van der Waals surface area contributed by atoms with Crippen molar-refractivity contribution in [2.45, 2.75) is 0 Å². The summed E-state index contributed by atoms with van der Waals surface area (Å²) in [7, 11) is 0. The van der Waals surface area contributed by atoms with Gasteiger partial charge in [0.15, 0.2) is 0 Å². The molecule has 0 aromatic heterocycles. The van der Waals surface area contributed by atoms with Crippen molar-refractivity contribution in [3.8, 4) is 0 Å². The first-order chi connectivity index (χ1) is 3.83. The van der Waals surface area contributed by atoms with E-state index in [-0.39, 0.29) is 52.3 Å². The molecule has 0 amide bonds. The Hall–Kier alpha value is 0.606. The van der Waals surface area contributed by atoms with Crippen molar-refractivity contribution >= 4 is 23.1 Å². The van der Waals surface area contributed by atoms with E-state index in [9.17, 15) is 0 Å². The minimum absolute atomic E-state index is 0. The molecule has 0 saturated carbocycles. The van der Waals surface area contributed by atoms with Crippen LogP contribution in [0.25, 0.3) is 0 Å². The third-order valence-corrected chi connectivity index (χ3v) is 0.200. The van der Waals surface area contributed by atoms with Gasteiger partial charge in [0.05, 0.1) is 26.4 Å². The van der Waals surface area contributed by atoms with E-state index < -0.39 is 0 Å². The summed E-state index contributed by atoms with van der Waals surface area (Å²) in [4.78, 5) is 0. The number of aliphatic hydroxyl groups excluding tert-OH is 4. The van der Waals surface area contributed by atoms with Crippen LogP contribution in [-0.4, -0.2) is 69.9 Å². The maximum absolute atomic E-state index is 7.62. The third-order valence-electron chi connectivity index (χ3n) is 0.200. The summed E-state index contributed by atoms with van der Waals surface area (Å²) in [6.45, 7) is -0.500. The molecular weight excluding hydrogens is 136 g/mol. The van der Waals surface area contributed by atoms with E-state index in [1.165, 1.54) is 0 Å². The molecule has 0 aliphatic heterocycles. The molecule has 0 fully saturated rings. The summed E-state index contributed by atoms with van der Waals surface area (Å²) in [6.07, 6.45) is 0. The van der Waals surface area contributed by atoms with Gasteiger partial charge in [-0.25, -0.2) is 0 Å². The summed E-state index contributed by atoms with van der Waals surface area (Å²) < 4.78 is 0. The van der Waals surface area contributed by atoms with Crippen LogP contribution in [-0.2, 0) is 0 Å². The van der Waals surface area contributed by atoms with Crippen molar-refractivity contribution in [3.05, 3.63) is 0 Å². The van der Waals surface area contributed by atoms with Gasteiger partial charge < -0.3 is 23.3 Å². The molecule has 0 aliphatic rings. The fourth-order valence-corrected chi connectivity index (χ4v) is 0. The second-order valence-corrected chi connectivity index (χ2v) is 0.894. The first-order valence-corrected chi connectivity index (χ1v) is 2.26. The minimum atomic E-state index is -0.125. The summed E-state index contributed by atoms with van der Waals surface area (Å²) in [6, 6.07) is 0. The number of rotatable bonds is 2. The average Bonchev–Trinajstić information content (AvgIpc) is 1.88. The SMILES string of the molecule is OCCO.OCCO.[H-].[H-].[Mg+2]. The normalized spacial score (nSPS) is 6.67. The van der Waals surface area contributed by atoms with Gasteiger partial charge in [-0.15, -0.1) is 0 Å². The van der Waals surface area contributed by atoms with E-state index in [4.69, 9.17) is 20.4 Å². The van der Waals surface area contributed by atoms with Gasteiger partial charge in [-0.05, 0) is 0 Å². The second-order valence-electron chi connectivity index (χ2n) is 0.894. The van der Waals surface area contributed by atoms with Gasteiger partial charge in [-0.3, -0.25) is 0 Å². The molecular formula is C4H14MgO4. The van der Waals surface area contributed by atoms with Crippen molar-refractivity contribution < 1.29 is 23.3 Å². The molecule has 0 aromatic rings. The molecule has 0 atom stereocenters. The Morgan fingerprint density at radius 3 is 0.778 bits per heavy atom. The van der Waals surface area contributed by atoms with Crippen LogP contribution in [0.15, 0.2) is 0 Å². The molecule has 0 heterocycles. The van der Waals surface area contributed by atoms with Gasteiger partial charge in [0.1, 0.15) is 0 Å². The van der Waals surface area contributed by atoms with E-state index in [1.54, 1.807) is 0 Å². The molecule has 0 bridgehead atoms. The maximum atomic E-state index is 7.62. The van der Waals surface area contributed by atoms with E-state index in [2.05, 4.69) is 0 Å². The van der Waals surface area contributed by atoms with Crippen molar-refractivity contribution in [2.75, 3.05) is 26.4 Å². The van der Waals surface area contributed by atoms with Crippen molar-refractivity contribution in [1.82, 2.24) is 0 Å². The molecule has 0 aliphatic carbocycles. The van der Waals surface area contributed by atoms with E-state index in [0.29, 0.717) is 0 Å². The summed E-state index contributed by atoms with van der Waals surface area (Å²) >= 11 is 0. The zero-order chi connectivity index (χ0) is 6.83. The molecule has 0 rings (SSSR count). The molecule has 0 spiro atoms.